The third-order valence-corrected chi connectivity index (χ3v) is 6.04. The summed E-state index contributed by atoms with van der Waals surface area (Å²) in [6, 6.07) is 0. The Bertz CT molecular complexity index is 369. The summed E-state index contributed by atoms with van der Waals surface area (Å²) in [6.45, 7) is 7.79. The quantitative estimate of drug-likeness (QED) is 0.751. The Hall–Kier alpha value is -0.200. The number of hydrogen-bond acceptors (Lipinski definition) is 5. The molecule has 0 amide bonds. The molecule has 0 bridgehead atoms. The standard InChI is InChI=1S/C17H31NO4/c1-3-16(4-2,5-6-19)18-10-14-9-15(13-20-14)11-17(12-15)21-7-8-22-17/h14,18-19H,3-13H2,1-2H3. The highest BCUT2D eigenvalue weighted by Gasteiger charge is 2.61. The van der Waals surface area contributed by atoms with E-state index >= 15 is 0 Å². The van der Waals surface area contributed by atoms with E-state index in [1.165, 1.54) is 0 Å². The number of aliphatic hydroxyl groups excluding tert-OH is 1. The molecule has 3 aliphatic rings. The average molecular weight is 313 g/mol. The van der Waals surface area contributed by atoms with E-state index < -0.39 is 0 Å². The fourth-order valence-electron chi connectivity index (χ4n) is 4.55. The van der Waals surface area contributed by atoms with Crippen LogP contribution in [0.25, 0.3) is 0 Å². The third kappa shape index (κ3) is 3.06. The largest absolute Gasteiger partial charge is 0.396 e. The zero-order valence-electron chi connectivity index (χ0n) is 14.0. The molecule has 1 unspecified atom stereocenters. The van der Waals surface area contributed by atoms with Crippen molar-refractivity contribution in [1.29, 1.82) is 0 Å². The maximum atomic E-state index is 9.31. The summed E-state index contributed by atoms with van der Waals surface area (Å²) >= 11 is 0. The van der Waals surface area contributed by atoms with E-state index in [2.05, 4.69) is 19.2 Å². The summed E-state index contributed by atoms with van der Waals surface area (Å²) < 4.78 is 17.6. The molecule has 3 fully saturated rings. The van der Waals surface area contributed by atoms with Crippen LogP contribution in [-0.2, 0) is 14.2 Å². The van der Waals surface area contributed by atoms with Crippen LogP contribution in [0.1, 0.15) is 52.4 Å². The first-order chi connectivity index (χ1) is 10.6. The SMILES string of the molecule is CCC(CC)(CCO)NCC1CC2(CO1)CC1(C2)OCCO1. The van der Waals surface area contributed by atoms with Gasteiger partial charge in [0.1, 0.15) is 0 Å². The molecule has 5 nitrogen and oxygen atoms in total. The predicted molar refractivity (Wildman–Crippen MR) is 83.7 cm³/mol. The van der Waals surface area contributed by atoms with E-state index in [1.807, 2.05) is 0 Å². The molecule has 1 aliphatic carbocycles. The van der Waals surface area contributed by atoms with Crippen molar-refractivity contribution in [1.82, 2.24) is 5.32 Å². The van der Waals surface area contributed by atoms with Crippen molar-refractivity contribution >= 4 is 0 Å². The molecule has 0 aromatic heterocycles. The molecule has 1 saturated carbocycles. The maximum absolute atomic E-state index is 9.31. The van der Waals surface area contributed by atoms with Crippen molar-refractivity contribution in [2.75, 3.05) is 33.0 Å². The van der Waals surface area contributed by atoms with Crippen LogP contribution in [0.4, 0.5) is 0 Å². The van der Waals surface area contributed by atoms with Gasteiger partial charge < -0.3 is 24.6 Å². The van der Waals surface area contributed by atoms with E-state index in [0.717, 1.165) is 64.9 Å². The van der Waals surface area contributed by atoms with Gasteiger partial charge in [0.2, 0.25) is 0 Å². The highest BCUT2D eigenvalue weighted by Crippen LogP contribution is 2.58. The zero-order chi connectivity index (χ0) is 15.7. The lowest BCUT2D eigenvalue weighted by Crippen LogP contribution is -2.53. The molecule has 2 N–H and O–H groups in total. The van der Waals surface area contributed by atoms with Gasteiger partial charge in [-0.15, -0.1) is 0 Å². The van der Waals surface area contributed by atoms with E-state index in [4.69, 9.17) is 14.2 Å². The topological polar surface area (TPSA) is 60.0 Å². The Balaban J connectivity index is 1.47. The minimum absolute atomic E-state index is 0.0480. The lowest BCUT2D eigenvalue weighted by Gasteiger charge is -2.50. The van der Waals surface area contributed by atoms with Crippen molar-refractivity contribution in [2.45, 2.75) is 69.8 Å². The fourth-order valence-corrected chi connectivity index (χ4v) is 4.55. The Morgan fingerprint density at radius 1 is 1.18 bits per heavy atom. The predicted octanol–water partition coefficient (Wildman–Crippen LogP) is 1.83. The summed E-state index contributed by atoms with van der Waals surface area (Å²) in [7, 11) is 0. The van der Waals surface area contributed by atoms with Gasteiger partial charge in [-0.3, -0.25) is 0 Å². The molecule has 3 rings (SSSR count). The van der Waals surface area contributed by atoms with Gasteiger partial charge >= 0.3 is 0 Å². The van der Waals surface area contributed by atoms with Gasteiger partial charge in [-0.2, -0.15) is 0 Å². The van der Waals surface area contributed by atoms with Crippen LogP contribution in [0.5, 0.6) is 0 Å². The van der Waals surface area contributed by atoms with Gasteiger partial charge in [0, 0.05) is 36.9 Å². The molecule has 22 heavy (non-hydrogen) atoms. The van der Waals surface area contributed by atoms with E-state index in [1.54, 1.807) is 0 Å². The molecule has 0 radical (unpaired) electrons. The van der Waals surface area contributed by atoms with E-state index in [0.29, 0.717) is 0 Å². The Morgan fingerprint density at radius 2 is 1.86 bits per heavy atom. The van der Waals surface area contributed by atoms with Gasteiger partial charge in [0.05, 0.1) is 25.9 Å². The lowest BCUT2D eigenvalue weighted by atomic mass is 9.63. The molecule has 2 aliphatic heterocycles. The summed E-state index contributed by atoms with van der Waals surface area (Å²) in [6.07, 6.45) is 6.22. The van der Waals surface area contributed by atoms with Crippen molar-refractivity contribution < 1.29 is 19.3 Å². The molecule has 5 heteroatoms. The second-order valence-electron chi connectivity index (χ2n) is 7.44. The average Bonchev–Trinajstić information content (AvgIpc) is 3.13. The van der Waals surface area contributed by atoms with Crippen molar-refractivity contribution in [2.24, 2.45) is 5.41 Å². The molecular formula is C17H31NO4. The highest BCUT2D eigenvalue weighted by molar-refractivity contribution is 5.05. The summed E-state index contributed by atoms with van der Waals surface area (Å²) in [5.41, 5.74) is 0.321. The molecule has 1 atom stereocenters. The Labute approximate surface area is 133 Å². The monoisotopic (exact) mass is 313 g/mol. The smallest absolute Gasteiger partial charge is 0.169 e. The zero-order valence-corrected chi connectivity index (χ0v) is 14.0. The number of ether oxygens (including phenoxy) is 3. The second-order valence-corrected chi connectivity index (χ2v) is 7.44. The lowest BCUT2D eigenvalue weighted by molar-refractivity contribution is -0.260. The van der Waals surface area contributed by atoms with Crippen LogP contribution in [0.3, 0.4) is 0 Å². The minimum atomic E-state index is -0.279. The first-order valence-corrected chi connectivity index (χ1v) is 8.84. The molecule has 0 aromatic rings. The van der Waals surface area contributed by atoms with Crippen LogP contribution >= 0.6 is 0 Å². The molecular weight excluding hydrogens is 282 g/mol. The molecule has 2 spiro atoms. The van der Waals surface area contributed by atoms with Gasteiger partial charge in [0.15, 0.2) is 5.79 Å². The van der Waals surface area contributed by atoms with Crippen LogP contribution in [-0.4, -0.2) is 55.5 Å². The number of aliphatic hydroxyl groups is 1. The number of rotatable bonds is 7. The van der Waals surface area contributed by atoms with Crippen LogP contribution in [0.2, 0.25) is 0 Å². The third-order valence-electron chi connectivity index (χ3n) is 6.04. The summed E-state index contributed by atoms with van der Waals surface area (Å²) in [5, 5.41) is 13.0. The van der Waals surface area contributed by atoms with Gasteiger partial charge in [-0.1, -0.05) is 13.8 Å². The molecule has 2 saturated heterocycles. The Morgan fingerprint density at radius 3 is 2.45 bits per heavy atom. The van der Waals surface area contributed by atoms with Crippen molar-refractivity contribution in [3.8, 4) is 0 Å². The van der Waals surface area contributed by atoms with Crippen LogP contribution in [0, 0.1) is 5.41 Å². The second kappa shape index (κ2) is 6.36. The van der Waals surface area contributed by atoms with Gasteiger partial charge in [0.25, 0.3) is 0 Å². The number of hydrogen-bond donors (Lipinski definition) is 2. The first-order valence-electron chi connectivity index (χ1n) is 8.84. The van der Waals surface area contributed by atoms with Crippen LogP contribution in [0.15, 0.2) is 0 Å². The Kier molecular flexibility index (Phi) is 4.82. The van der Waals surface area contributed by atoms with Gasteiger partial charge in [-0.25, -0.2) is 0 Å². The van der Waals surface area contributed by atoms with Crippen molar-refractivity contribution in [3.63, 3.8) is 0 Å². The summed E-state index contributed by atoms with van der Waals surface area (Å²) in [4.78, 5) is 0. The number of nitrogens with one attached hydrogen (secondary N) is 1. The highest BCUT2D eigenvalue weighted by atomic mass is 16.7. The van der Waals surface area contributed by atoms with Gasteiger partial charge in [-0.05, 0) is 25.7 Å². The fraction of sp³-hybridized carbons (Fsp3) is 1.00. The minimum Gasteiger partial charge on any atom is -0.396 e. The summed E-state index contributed by atoms with van der Waals surface area (Å²) in [5.74, 6) is -0.279. The van der Waals surface area contributed by atoms with E-state index in [-0.39, 0.29) is 29.5 Å². The van der Waals surface area contributed by atoms with Crippen LogP contribution < -0.4 is 5.32 Å². The molecule has 2 heterocycles. The van der Waals surface area contributed by atoms with E-state index in [9.17, 15) is 5.11 Å². The maximum Gasteiger partial charge on any atom is 0.169 e. The molecule has 0 aromatic carbocycles. The molecule has 128 valence electrons. The normalized spacial score (nSPS) is 29.3. The first kappa shape index (κ1) is 16.7. The van der Waals surface area contributed by atoms with Crippen molar-refractivity contribution in [3.05, 3.63) is 0 Å².